The molecule has 0 N–H and O–H groups in total. The molecule has 0 saturated heterocycles. The summed E-state index contributed by atoms with van der Waals surface area (Å²) in [5, 5.41) is 11.3. The highest BCUT2D eigenvalue weighted by Gasteiger charge is 2.43. The van der Waals surface area contributed by atoms with Crippen molar-refractivity contribution in [3.8, 4) is 0 Å². The molecule has 0 unspecified atom stereocenters. The molecule has 0 atom stereocenters. The van der Waals surface area contributed by atoms with Crippen LogP contribution in [0, 0.1) is 16.0 Å². The van der Waals surface area contributed by atoms with Crippen molar-refractivity contribution >= 4 is 22.8 Å². The van der Waals surface area contributed by atoms with E-state index in [1.54, 1.807) is 0 Å². The lowest BCUT2D eigenvalue weighted by molar-refractivity contribution is -0.383. The fourth-order valence-corrected chi connectivity index (χ4v) is 2.91. The Morgan fingerprint density at radius 2 is 1.77 bits per heavy atom. The number of alkyl halides is 6. The van der Waals surface area contributed by atoms with E-state index < -0.39 is 51.5 Å². The standard InChI is InChI=1S/C18H19F6N3O4/c1-10(2)6-4-3-5-7-31-16(28)26-14-12(25-15(26)18(22,23)24)8-11(17(19,20)21)9-13(14)27(29)30/h8-10H,3-7H2,1-2H3. The van der Waals surface area contributed by atoms with Gasteiger partial charge in [0.05, 0.1) is 22.6 Å². The molecular weight excluding hydrogens is 436 g/mol. The quantitative estimate of drug-likeness (QED) is 0.215. The second-order valence-electron chi connectivity index (χ2n) is 7.24. The van der Waals surface area contributed by atoms with Crippen molar-refractivity contribution in [2.75, 3.05) is 6.61 Å². The van der Waals surface area contributed by atoms with E-state index in [1.807, 2.05) is 13.8 Å². The molecule has 1 heterocycles. The van der Waals surface area contributed by atoms with Gasteiger partial charge in [-0.05, 0) is 18.4 Å². The van der Waals surface area contributed by atoms with Crippen LogP contribution in [0.15, 0.2) is 12.1 Å². The first-order chi connectivity index (χ1) is 14.2. The minimum atomic E-state index is -5.28. The van der Waals surface area contributed by atoms with E-state index in [2.05, 4.69) is 4.98 Å². The molecule has 172 valence electrons. The van der Waals surface area contributed by atoms with Crippen LogP contribution in [-0.2, 0) is 17.1 Å². The van der Waals surface area contributed by atoms with Gasteiger partial charge < -0.3 is 4.74 Å². The number of halogens is 6. The van der Waals surface area contributed by atoms with Crippen molar-refractivity contribution in [3.05, 3.63) is 33.6 Å². The molecule has 0 radical (unpaired) electrons. The van der Waals surface area contributed by atoms with Gasteiger partial charge in [0, 0.05) is 6.07 Å². The van der Waals surface area contributed by atoms with Crippen LogP contribution in [0.3, 0.4) is 0 Å². The third-order valence-corrected chi connectivity index (χ3v) is 4.34. The number of hydrogen-bond donors (Lipinski definition) is 0. The van der Waals surface area contributed by atoms with Crippen LogP contribution in [0.2, 0.25) is 0 Å². The van der Waals surface area contributed by atoms with Crippen molar-refractivity contribution in [1.82, 2.24) is 9.55 Å². The molecule has 0 spiro atoms. The molecule has 2 aromatic rings. The van der Waals surface area contributed by atoms with Gasteiger partial charge in [-0.3, -0.25) is 10.1 Å². The van der Waals surface area contributed by atoms with Gasteiger partial charge in [0.1, 0.15) is 0 Å². The molecule has 0 bridgehead atoms. The summed E-state index contributed by atoms with van der Waals surface area (Å²) < 4.78 is 83.8. The minimum Gasteiger partial charge on any atom is -0.449 e. The Bertz CT molecular complexity index is 966. The van der Waals surface area contributed by atoms with Gasteiger partial charge in [0.25, 0.3) is 5.69 Å². The largest absolute Gasteiger partial charge is 0.450 e. The van der Waals surface area contributed by atoms with E-state index in [0.717, 1.165) is 12.8 Å². The summed E-state index contributed by atoms with van der Waals surface area (Å²) in [6.07, 6.45) is -9.26. The molecule has 7 nitrogen and oxygen atoms in total. The predicted octanol–water partition coefficient (Wildman–Crippen LogP) is 6.18. The third kappa shape index (κ3) is 5.85. The third-order valence-electron chi connectivity index (χ3n) is 4.34. The SMILES string of the molecule is CC(C)CCCCCOC(=O)n1c(C(F)(F)F)nc2cc(C(F)(F)F)cc([N+](=O)[O-])c21. The van der Waals surface area contributed by atoms with Crippen LogP contribution in [0.4, 0.5) is 36.8 Å². The van der Waals surface area contributed by atoms with Crippen molar-refractivity contribution in [2.24, 2.45) is 5.92 Å². The Kier molecular flexibility index (Phi) is 7.17. The lowest BCUT2D eigenvalue weighted by Crippen LogP contribution is -2.23. The summed E-state index contributed by atoms with van der Waals surface area (Å²) in [7, 11) is 0. The Morgan fingerprint density at radius 1 is 1.13 bits per heavy atom. The second kappa shape index (κ2) is 9.10. The summed E-state index contributed by atoms with van der Waals surface area (Å²) in [5.74, 6) is -1.45. The second-order valence-corrected chi connectivity index (χ2v) is 7.24. The van der Waals surface area contributed by atoms with Gasteiger partial charge >= 0.3 is 18.4 Å². The van der Waals surface area contributed by atoms with E-state index in [9.17, 15) is 41.3 Å². The normalized spacial score (nSPS) is 12.5. The van der Waals surface area contributed by atoms with Gasteiger partial charge in [-0.2, -0.15) is 26.3 Å². The molecule has 0 aliphatic heterocycles. The topological polar surface area (TPSA) is 87.3 Å². The molecular formula is C18H19F6N3O4. The first-order valence-electron chi connectivity index (χ1n) is 9.26. The number of non-ortho nitro benzene ring substituents is 1. The lowest BCUT2D eigenvalue weighted by atomic mass is 10.1. The number of rotatable bonds is 7. The van der Waals surface area contributed by atoms with Crippen LogP contribution in [0.1, 0.15) is 50.9 Å². The molecule has 2 rings (SSSR count). The zero-order valence-electron chi connectivity index (χ0n) is 16.5. The first-order valence-corrected chi connectivity index (χ1v) is 9.26. The Labute approximate surface area is 172 Å². The highest BCUT2D eigenvalue weighted by atomic mass is 19.4. The molecule has 31 heavy (non-hydrogen) atoms. The average Bonchev–Trinajstić information content (AvgIpc) is 3.02. The fraction of sp³-hybridized carbons (Fsp3) is 0.556. The summed E-state index contributed by atoms with van der Waals surface area (Å²) >= 11 is 0. The molecule has 0 aliphatic rings. The van der Waals surface area contributed by atoms with Gasteiger partial charge in [0.2, 0.25) is 5.82 Å². The number of unbranched alkanes of at least 4 members (excludes halogenated alkanes) is 2. The van der Waals surface area contributed by atoms with Crippen molar-refractivity contribution in [1.29, 1.82) is 0 Å². The molecule has 0 fully saturated rings. The zero-order valence-corrected chi connectivity index (χ0v) is 16.5. The monoisotopic (exact) mass is 455 g/mol. The number of hydrogen-bond acceptors (Lipinski definition) is 5. The van der Waals surface area contributed by atoms with E-state index >= 15 is 0 Å². The Balaban J connectivity index is 2.46. The summed E-state index contributed by atoms with van der Waals surface area (Å²) in [6.45, 7) is 3.77. The van der Waals surface area contributed by atoms with E-state index in [1.165, 1.54) is 0 Å². The summed E-state index contributed by atoms with van der Waals surface area (Å²) in [6, 6.07) is 0.271. The molecule has 0 aliphatic carbocycles. The number of nitrogens with zero attached hydrogens (tertiary/aromatic N) is 3. The van der Waals surface area contributed by atoms with Gasteiger partial charge in [0.15, 0.2) is 5.52 Å². The highest BCUT2D eigenvalue weighted by Crippen LogP contribution is 2.39. The fourth-order valence-electron chi connectivity index (χ4n) is 2.91. The number of benzene rings is 1. The predicted molar refractivity (Wildman–Crippen MR) is 96.4 cm³/mol. The van der Waals surface area contributed by atoms with Gasteiger partial charge in [-0.15, -0.1) is 0 Å². The highest BCUT2D eigenvalue weighted by molar-refractivity contribution is 5.94. The van der Waals surface area contributed by atoms with E-state index in [0.29, 0.717) is 18.8 Å². The van der Waals surface area contributed by atoms with Crippen LogP contribution < -0.4 is 0 Å². The van der Waals surface area contributed by atoms with Crippen LogP contribution >= 0.6 is 0 Å². The number of nitro groups is 1. The molecule has 13 heteroatoms. The maximum atomic E-state index is 13.4. The van der Waals surface area contributed by atoms with Crippen LogP contribution in [0.5, 0.6) is 0 Å². The maximum absolute atomic E-state index is 13.4. The van der Waals surface area contributed by atoms with Crippen molar-refractivity contribution in [2.45, 2.75) is 51.9 Å². The Hall–Kier alpha value is -2.86. The number of ether oxygens (including phenoxy) is 1. The summed E-state index contributed by atoms with van der Waals surface area (Å²) in [5.41, 5.74) is -4.93. The molecule has 1 aromatic carbocycles. The van der Waals surface area contributed by atoms with Crippen LogP contribution in [-0.4, -0.2) is 27.2 Å². The number of fused-ring (bicyclic) bond motifs is 1. The lowest BCUT2D eigenvalue weighted by Gasteiger charge is -2.11. The molecule has 1 aromatic heterocycles. The minimum absolute atomic E-state index is 0.0554. The van der Waals surface area contributed by atoms with Gasteiger partial charge in [-0.25, -0.2) is 14.3 Å². The summed E-state index contributed by atoms with van der Waals surface area (Å²) in [4.78, 5) is 25.3. The number of imidazole rings is 1. The number of nitro benzene ring substituents is 1. The maximum Gasteiger partial charge on any atom is 0.450 e. The number of carbonyl (C=O) groups is 1. The Morgan fingerprint density at radius 3 is 2.29 bits per heavy atom. The molecule has 0 amide bonds. The average molecular weight is 455 g/mol. The molecule has 0 saturated carbocycles. The van der Waals surface area contributed by atoms with E-state index in [-0.39, 0.29) is 23.3 Å². The first kappa shape index (κ1) is 24.4. The van der Waals surface area contributed by atoms with Crippen LogP contribution in [0.25, 0.3) is 11.0 Å². The van der Waals surface area contributed by atoms with E-state index in [4.69, 9.17) is 4.74 Å². The zero-order chi connectivity index (χ0) is 23.6. The van der Waals surface area contributed by atoms with Crippen molar-refractivity contribution in [3.63, 3.8) is 0 Å². The smallest absolute Gasteiger partial charge is 0.449 e. The number of aromatic nitrogens is 2. The number of carbonyl (C=O) groups excluding carboxylic acids is 1. The van der Waals surface area contributed by atoms with Crippen molar-refractivity contribution < 1.29 is 40.8 Å². The van der Waals surface area contributed by atoms with Gasteiger partial charge in [-0.1, -0.05) is 33.1 Å².